The number of nitrogens with one attached hydrogen (secondary N) is 2. The standard InChI is InChI=1S/C18H21FN4O2/c1-21-18(22-7-3-8-24-13-16-4-2-9-25-16)23-12-15-6-5-14(11-20)10-17(15)19/h2,4-6,9-10H,3,7-8,12-13H2,1H3,(H2,21,22,23). The minimum atomic E-state index is -0.409. The second-order valence-corrected chi connectivity index (χ2v) is 5.26. The highest BCUT2D eigenvalue weighted by molar-refractivity contribution is 5.79. The van der Waals surface area contributed by atoms with Crippen molar-refractivity contribution in [2.24, 2.45) is 4.99 Å². The summed E-state index contributed by atoms with van der Waals surface area (Å²) in [6.07, 6.45) is 2.42. The van der Waals surface area contributed by atoms with Gasteiger partial charge >= 0.3 is 0 Å². The van der Waals surface area contributed by atoms with Crippen LogP contribution in [0.15, 0.2) is 46.0 Å². The molecule has 0 amide bonds. The highest BCUT2D eigenvalue weighted by atomic mass is 19.1. The van der Waals surface area contributed by atoms with E-state index in [2.05, 4.69) is 15.6 Å². The number of rotatable bonds is 8. The molecule has 1 aromatic heterocycles. The van der Waals surface area contributed by atoms with Gasteiger partial charge in [-0.15, -0.1) is 0 Å². The first-order valence-corrected chi connectivity index (χ1v) is 7.96. The molecule has 2 N–H and O–H groups in total. The molecule has 2 aromatic rings. The third kappa shape index (κ3) is 6.28. The van der Waals surface area contributed by atoms with E-state index in [4.69, 9.17) is 14.4 Å². The fourth-order valence-electron chi connectivity index (χ4n) is 2.11. The smallest absolute Gasteiger partial charge is 0.191 e. The Kier molecular flexibility index (Phi) is 7.47. The molecule has 0 fully saturated rings. The van der Waals surface area contributed by atoms with Crippen LogP contribution in [0, 0.1) is 17.1 Å². The predicted molar refractivity (Wildman–Crippen MR) is 92.3 cm³/mol. The minimum Gasteiger partial charge on any atom is -0.467 e. The van der Waals surface area contributed by atoms with Crippen molar-refractivity contribution in [3.05, 3.63) is 59.3 Å². The maximum atomic E-state index is 13.8. The number of benzene rings is 1. The Hall–Kier alpha value is -2.85. The Balaban J connectivity index is 1.64. The first-order chi connectivity index (χ1) is 12.2. The molecule has 0 bridgehead atoms. The number of ether oxygens (including phenoxy) is 1. The van der Waals surface area contributed by atoms with E-state index in [1.165, 1.54) is 6.07 Å². The largest absolute Gasteiger partial charge is 0.467 e. The van der Waals surface area contributed by atoms with Crippen molar-refractivity contribution in [2.45, 2.75) is 19.6 Å². The predicted octanol–water partition coefficient (Wildman–Crippen LogP) is 2.56. The summed E-state index contributed by atoms with van der Waals surface area (Å²) in [5.41, 5.74) is 0.780. The SMILES string of the molecule is CN=C(NCCCOCc1ccco1)NCc1ccc(C#N)cc1F. The van der Waals surface area contributed by atoms with Gasteiger partial charge in [0.1, 0.15) is 18.2 Å². The number of nitriles is 1. The number of guanidine groups is 1. The van der Waals surface area contributed by atoms with Crippen LogP contribution in [0.5, 0.6) is 0 Å². The van der Waals surface area contributed by atoms with Crippen molar-refractivity contribution in [3.8, 4) is 6.07 Å². The van der Waals surface area contributed by atoms with Crippen LogP contribution in [0.1, 0.15) is 23.3 Å². The van der Waals surface area contributed by atoms with E-state index in [9.17, 15) is 4.39 Å². The fourth-order valence-corrected chi connectivity index (χ4v) is 2.11. The molecule has 1 heterocycles. The molecule has 0 saturated carbocycles. The third-order valence-corrected chi connectivity index (χ3v) is 3.43. The zero-order valence-corrected chi connectivity index (χ0v) is 14.1. The highest BCUT2D eigenvalue weighted by Crippen LogP contribution is 2.09. The van der Waals surface area contributed by atoms with E-state index in [0.717, 1.165) is 12.2 Å². The molecule has 0 aliphatic carbocycles. The average molecular weight is 344 g/mol. The Morgan fingerprint density at radius 2 is 2.24 bits per heavy atom. The Morgan fingerprint density at radius 3 is 2.92 bits per heavy atom. The molecule has 0 atom stereocenters. The number of halogens is 1. The quantitative estimate of drug-likeness (QED) is 0.437. The van der Waals surface area contributed by atoms with Gasteiger partial charge in [0.05, 0.1) is 17.9 Å². The van der Waals surface area contributed by atoms with E-state index < -0.39 is 5.82 Å². The van der Waals surface area contributed by atoms with E-state index in [1.54, 1.807) is 25.4 Å². The van der Waals surface area contributed by atoms with Gasteiger partial charge in [-0.2, -0.15) is 5.26 Å². The summed E-state index contributed by atoms with van der Waals surface area (Å²) in [6, 6.07) is 10.0. The first-order valence-electron chi connectivity index (χ1n) is 7.96. The van der Waals surface area contributed by atoms with Crippen LogP contribution in [0.3, 0.4) is 0 Å². The number of nitrogens with zero attached hydrogens (tertiary/aromatic N) is 2. The first kappa shape index (κ1) is 18.5. The molecule has 0 radical (unpaired) electrons. The number of hydrogen-bond donors (Lipinski definition) is 2. The van der Waals surface area contributed by atoms with Gasteiger partial charge in [0.25, 0.3) is 0 Å². The second kappa shape index (κ2) is 10.1. The minimum absolute atomic E-state index is 0.284. The van der Waals surface area contributed by atoms with E-state index in [0.29, 0.717) is 36.8 Å². The van der Waals surface area contributed by atoms with Gasteiger partial charge in [0.2, 0.25) is 0 Å². The van der Waals surface area contributed by atoms with Crippen molar-refractivity contribution in [1.82, 2.24) is 10.6 Å². The molecule has 6 nitrogen and oxygen atoms in total. The van der Waals surface area contributed by atoms with Crippen molar-refractivity contribution >= 4 is 5.96 Å². The summed E-state index contributed by atoms with van der Waals surface area (Å²) in [4.78, 5) is 4.09. The van der Waals surface area contributed by atoms with Crippen LogP contribution < -0.4 is 10.6 Å². The van der Waals surface area contributed by atoms with Crippen LogP contribution in [0.2, 0.25) is 0 Å². The van der Waals surface area contributed by atoms with E-state index in [1.807, 2.05) is 18.2 Å². The van der Waals surface area contributed by atoms with Crippen molar-refractivity contribution < 1.29 is 13.5 Å². The molecule has 0 unspecified atom stereocenters. The topological polar surface area (TPSA) is 82.6 Å². The maximum absolute atomic E-state index is 13.8. The summed E-state index contributed by atoms with van der Waals surface area (Å²) < 4.78 is 24.5. The zero-order chi connectivity index (χ0) is 17.9. The van der Waals surface area contributed by atoms with Crippen molar-refractivity contribution in [3.63, 3.8) is 0 Å². The van der Waals surface area contributed by atoms with Crippen LogP contribution in [0.4, 0.5) is 4.39 Å². The molecule has 1 aromatic carbocycles. The molecule has 7 heteroatoms. The van der Waals surface area contributed by atoms with E-state index in [-0.39, 0.29) is 6.54 Å². The molecule has 0 aliphatic rings. The number of aliphatic imine (C=N–C) groups is 1. The van der Waals surface area contributed by atoms with Crippen LogP contribution in [-0.2, 0) is 17.9 Å². The Bertz CT molecular complexity index is 723. The molecule has 0 saturated heterocycles. The zero-order valence-electron chi connectivity index (χ0n) is 14.1. The molecule has 0 spiro atoms. The lowest BCUT2D eigenvalue weighted by Crippen LogP contribution is -2.37. The monoisotopic (exact) mass is 344 g/mol. The van der Waals surface area contributed by atoms with Gasteiger partial charge in [-0.1, -0.05) is 6.07 Å². The molecule has 2 rings (SSSR count). The lowest BCUT2D eigenvalue weighted by molar-refractivity contribution is 0.105. The van der Waals surface area contributed by atoms with Gasteiger partial charge in [0, 0.05) is 32.3 Å². The van der Waals surface area contributed by atoms with Crippen molar-refractivity contribution in [2.75, 3.05) is 20.2 Å². The van der Waals surface area contributed by atoms with Crippen LogP contribution >= 0.6 is 0 Å². The highest BCUT2D eigenvalue weighted by Gasteiger charge is 2.05. The maximum Gasteiger partial charge on any atom is 0.191 e. The average Bonchev–Trinajstić information content (AvgIpc) is 3.14. The van der Waals surface area contributed by atoms with E-state index >= 15 is 0 Å². The van der Waals surface area contributed by atoms with Gasteiger partial charge < -0.3 is 19.8 Å². The molecular weight excluding hydrogens is 323 g/mol. The number of hydrogen-bond acceptors (Lipinski definition) is 4. The number of furan rings is 1. The lowest BCUT2D eigenvalue weighted by Gasteiger charge is -2.12. The Labute approximate surface area is 146 Å². The normalized spacial score (nSPS) is 11.2. The molecule has 0 aliphatic heterocycles. The van der Waals surface area contributed by atoms with Gasteiger partial charge in [-0.25, -0.2) is 4.39 Å². The Morgan fingerprint density at radius 1 is 1.36 bits per heavy atom. The van der Waals surface area contributed by atoms with Crippen molar-refractivity contribution in [1.29, 1.82) is 5.26 Å². The third-order valence-electron chi connectivity index (χ3n) is 3.43. The summed E-state index contributed by atoms with van der Waals surface area (Å²) in [6.45, 7) is 2.01. The summed E-state index contributed by atoms with van der Waals surface area (Å²) in [5, 5.41) is 14.9. The van der Waals surface area contributed by atoms with Crippen LogP contribution in [0.25, 0.3) is 0 Å². The lowest BCUT2D eigenvalue weighted by atomic mass is 10.1. The summed E-state index contributed by atoms with van der Waals surface area (Å²) >= 11 is 0. The van der Waals surface area contributed by atoms with Crippen LogP contribution in [-0.4, -0.2) is 26.2 Å². The molecule has 25 heavy (non-hydrogen) atoms. The second-order valence-electron chi connectivity index (χ2n) is 5.26. The van der Waals surface area contributed by atoms with Gasteiger partial charge in [-0.05, 0) is 30.7 Å². The fraction of sp³-hybridized carbons (Fsp3) is 0.333. The summed E-state index contributed by atoms with van der Waals surface area (Å²) in [5.74, 6) is 0.970. The van der Waals surface area contributed by atoms with Gasteiger partial charge in [0.15, 0.2) is 5.96 Å². The molecule has 132 valence electrons. The summed E-state index contributed by atoms with van der Waals surface area (Å²) in [7, 11) is 1.65. The van der Waals surface area contributed by atoms with Gasteiger partial charge in [-0.3, -0.25) is 4.99 Å². The molecular formula is C18H21FN4O2.